The lowest BCUT2D eigenvalue weighted by atomic mass is 10.1. The van der Waals surface area contributed by atoms with Crippen LogP contribution in [-0.4, -0.2) is 40.8 Å². The summed E-state index contributed by atoms with van der Waals surface area (Å²) < 4.78 is 0.741. The molecule has 2 rings (SSSR count). The molecular formula is C11H12BrN5O2. The van der Waals surface area contributed by atoms with Crippen molar-refractivity contribution in [2.45, 2.75) is 6.42 Å². The Labute approximate surface area is 117 Å². The minimum Gasteiger partial charge on any atom is -0.359 e. The van der Waals surface area contributed by atoms with Crippen LogP contribution < -0.4 is 10.6 Å². The van der Waals surface area contributed by atoms with Crippen LogP contribution in [0.4, 0.5) is 0 Å². The zero-order chi connectivity index (χ0) is 13.8. The first-order chi connectivity index (χ1) is 9.11. The summed E-state index contributed by atoms with van der Waals surface area (Å²) in [4.78, 5) is 23.1. The Morgan fingerprint density at radius 1 is 1.37 bits per heavy atom. The molecule has 2 aromatic rings. The van der Waals surface area contributed by atoms with Gasteiger partial charge in [0.05, 0.1) is 5.56 Å². The Morgan fingerprint density at radius 2 is 2.16 bits per heavy atom. The van der Waals surface area contributed by atoms with Crippen LogP contribution in [-0.2, 0) is 4.79 Å². The van der Waals surface area contributed by atoms with Crippen molar-refractivity contribution in [2.24, 2.45) is 0 Å². The van der Waals surface area contributed by atoms with Gasteiger partial charge in [-0.05, 0) is 12.1 Å². The van der Waals surface area contributed by atoms with Crippen LogP contribution in [0.2, 0.25) is 0 Å². The Morgan fingerprint density at radius 3 is 2.89 bits per heavy atom. The summed E-state index contributed by atoms with van der Waals surface area (Å²) in [5, 5.41) is 15.5. The Balaban J connectivity index is 2.13. The van der Waals surface area contributed by atoms with E-state index in [0.29, 0.717) is 16.6 Å². The molecule has 0 atom stereocenters. The minimum absolute atomic E-state index is 0.124. The molecule has 2 amide bonds. The first-order valence-corrected chi connectivity index (χ1v) is 6.40. The van der Waals surface area contributed by atoms with E-state index in [1.807, 2.05) is 0 Å². The van der Waals surface area contributed by atoms with Gasteiger partial charge in [0.15, 0.2) is 0 Å². The van der Waals surface area contributed by atoms with Crippen LogP contribution in [0.5, 0.6) is 0 Å². The van der Waals surface area contributed by atoms with Gasteiger partial charge in [-0.25, -0.2) is 0 Å². The molecule has 0 aliphatic rings. The number of nitrogens with zero attached hydrogens (tertiary/aromatic N) is 2. The highest BCUT2D eigenvalue weighted by molar-refractivity contribution is 9.10. The summed E-state index contributed by atoms with van der Waals surface area (Å²) in [7, 11) is 1.55. The number of fused-ring (bicyclic) bond motifs is 1. The van der Waals surface area contributed by atoms with Gasteiger partial charge < -0.3 is 10.6 Å². The zero-order valence-electron chi connectivity index (χ0n) is 10.2. The maximum absolute atomic E-state index is 12.0. The van der Waals surface area contributed by atoms with E-state index >= 15 is 0 Å². The number of halogens is 1. The topological polar surface area (TPSA) is 99.8 Å². The molecule has 3 N–H and O–H groups in total. The largest absolute Gasteiger partial charge is 0.359 e. The fourth-order valence-electron chi connectivity index (χ4n) is 1.60. The minimum atomic E-state index is -0.288. The van der Waals surface area contributed by atoms with Gasteiger partial charge in [0.2, 0.25) is 5.91 Å². The van der Waals surface area contributed by atoms with Gasteiger partial charge in [-0.1, -0.05) is 15.9 Å². The van der Waals surface area contributed by atoms with Crippen molar-refractivity contribution in [3.8, 4) is 0 Å². The maximum atomic E-state index is 12.0. The number of carbonyl (C=O) groups is 2. The lowest BCUT2D eigenvalue weighted by Crippen LogP contribution is -2.29. The van der Waals surface area contributed by atoms with Crippen LogP contribution in [0.1, 0.15) is 16.8 Å². The van der Waals surface area contributed by atoms with E-state index < -0.39 is 0 Å². The molecule has 7 nitrogen and oxygen atoms in total. The van der Waals surface area contributed by atoms with E-state index in [1.54, 1.807) is 19.2 Å². The Kier molecular flexibility index (Phi) is 4.10. The molecule has 0 bridgehead atoms. The van der Waals surface area contributed by atoms with Crippen molar-refractivity contribution >= 4 is 38.8 Å². The molecule has 0 fully saturated rings. The highest BCUT2D eigenvalue weighted by atomic mass is 79.9. The van der Waals surface area contributed by atoms with Crippen LogP contribution in [0.15, 0.2) is 16.6 Å². The standard InChI is InChI=1S/C11H12BrN5O2/c1-13-9(18)2-3-14-11(19)7-4-6(12)5-8-10(7)16-17-15-8/h4-5H,2-3H2,1H3,(H,13,18)(H,14,19)(H,15,16,17). The molecule has 19 heavy (non-hydrogen) atoms. The van der Waals surface area contributed by atoms with Crippen molar-refractivity contribution in [1.82, 2.24) is 26.0 Å². The Hall–Kier alpha value is -1.96. The predicted octanol–water partition coefficient (Wildman–Crippen LogP) is 0.586. The summed E-state index contributed by atoms with van der Waals surface area (Å²) in [6, 6.07) is 3.43. The molecule has 0 radical (unpaired) electrons. The molecule has 0 saturated carbocycles. The fraction of sp³-hybridized carbons (Fsp3) is 0.273. The molecule has 0 aliphatic carbocycles. The first kappa shape index (κ1) is 13.5. The molecule has 8 heteroatoms. The monoisotopic (exact) mass is 325 g/mol. The fourth-order valence-corrected chi connectivity index (χ4v) is 2.05. The number of benzene rings is 1. The smallest absolute Gasteiger partial charge is 0.253 e. The summed E-state index contributed by atoms with van der Waals surface area (Å²) in [5.74, 6) is -0.412. The number of H-pyrrole nitrogens is 1. The zero-order valence-corrected chi connectivity index (χ0v) is 11.7. The molecule has 100 valence electrons. The van der Waals surface area contributed by atoms with Crippen LogP contribution >= 0.6 is 15.9 Å². The third-order valence-electron chi connectivity index (χ3n) is 2.55. The Bertz CT molecular complexity index is 625. The number of aromatic amines is 1. The van der Waals surface area contributed by atoms with Gasteiger partial charge >= 0.3 is 0 Å². The van der Waals surface area contributed by atoms with Crippen molar-refractivity contribution < 1.29 is 9.59 Å². The van der Waals surface area contributed by atoms with Crippen LogP contribution in [0.3, 0.4) is 0 Å². The first-order valence-electron chi connectivity index (χ1n) is 5.60. The molecule has 1 aromatic carbocycles. The third-order valence-corrected chi connectivity index (χ3v) is 3.01. The van der Waals surface area contributed by atoms with E-state index in [-0.39, 0.29) is 24.8 Å². The molecule has 1 heterocycles. The second-order valence-electron chi connectivity index (χ2n) is 3.82. The number of hydrogen-bond acceptors (Lipinski definition) is 4. The van der Waals surface area contributed by atoms with Gasteiger partial charge in [-0.2, -0.15) is 15.4 Å². The number of aromatic nitrogens is 3. The molecule has 0 spiro atoms. The molecular weight excluding hydrogens is 314 g/mol. The second-order valence-corrected chi connectivity index (χ2v) is 4.74. The van der Waals surface area contributed by atoms with Gasteiger partial charge in [0.1, 0.15) is 11.0 Å². The maximum Gasteiger partial charge on any atom is 0.253 e. The van der Waals surface area contributed by atoms with Crippen molar-refractivity contribution in [3.05, 3.63) is 22.2 Å². The summed E-state index contributed by atoms with van der Waals surface area (Å²) >= 11 is 3.31. The number of carbonyl (C=O) groups excluding carboxylic acids is 2. The number of hydrogen-bond donors (Lipinski definition) is 3. The average Bonchev–Trinajstić information content (AvgIpc) is 2.85. The number of rotatable bonds is 4. The van der Waals surface area contributed by atoms with Crippen LogP contribution in [0.25, 0.3) is 11.0 Å². The number of nitrogens with one attached hydrogen (secondary N) is 3. The predicted molar refractivity (Wildman–Crippen MR) is 72.6 cm³/mol. The van der Waals surface area contributed by atoms with Gasteiger partial charge in [0.25, 0.3) is 5.91 Å². The van der Waals surface area contributed by atoms with Crippen LogP contribution in [0, 0.1) is 0 Å². The second kappa shape index (κ2) is 5.79. The van der Waals surface area contributed by atoms with Crippen molar-refractivity contribution in [1.29, 1.82) is 0 Å². The van der Waals surface area contributed by atoms with Gasteiger partial charge in [0, 0.05) is 24.5 Å². The molecule has 1 aromatic heterocycles. The summed E-state index contributed by atoms with van der Waals surface area (Å²) in [5.41, 5.74) is 1.52. The highest BCUT2D eigenvalue weighted by Gasteiger charge is 2.14. The number of amides is 2. The van der Waals surface area contributed by atoms with Crippen molar-refractivity contribution in [3.63, 3.8) is 0 Å². The van der Waals surface area contributed by atoms with Gasteiger partial charge in [-0.3, -0.25) is 9.59 Å². The molecule has 0 aliphatic heterocycles. The quantitative estimate of drug-likeness (QED) is 0.765. The third kappa shape index (κ3) is 3.08. The summed E-state index contributed by atoms with van der Waals surface area (Å²) in [6.45, 7) is 0.268. The van der Waals surface area contributed by atoms with E-state index in [1.165, 1.54) is 0 Å². The van der Waals surface area contributed by atoms with E-state index in [9.17, 15) is 9.59 Å². The van der Waals surface area contributed by atoms with E-state index in [0.717, 1.165) is 4.47 Å². The lowest BCUT2D eigenvalue weighted by Gasteiger charge is -2.05. The average molecular weight is 326 g/mol. The van der Waals surface area contributed by atoms with E-state index in [2.05, 4.69) is 42.0 Å². The summed E-state index contributed by atoms with van der Waals surface area (Å²) in [6.07, 6.45) is 0.234. The molecule has 0 saturated heterocycles. The van der Waals surface area contributed by atoms with E-state index in [4.69, 9.17) is 0 Å². The highest BCUT2D eigenvalue weighted by Crippen LogP contribution is 2.20. The van der Waals surface area contributed by atoms with Gasteiger partial charge in [-0.15, -0.1) is 0 Å². The van der Waals surface area contributed by atoms with Crippen molar-refractivity contribution in [2.75, 3.05) is 13.6 Å². The molecule has 0 unspecified atom stereocenters. The lowest BCUT2D eigenvalue weighted by molar-refractivity contribution is -0.120. The SMILES string of the molecule is CNC(=O)CCNC(=O)c1cc(Br)cc2n[nH]nc12. The normalized spacial score (nSPS) is 10.4.